The minimum absolute atomic E-state index is 0. The van der Waals surface area contributed by atoms with Crippen LogP contribution in [0.5, 0.6) is 0 Å². The van der Waals surface area contributed by atoms with Gasteiger partial charge in [-0.3, -0.25) is 4.79 Å². The number of rotatable bonds is 7. The number of hydrogen-bond donors (Lipinski definition) is 2. The summed E-state index contributed by atoms with van der Waals surface area (Å²) in [5.74, 6) is 0.400. The van der Waals surface area contributed by atoms with Crippen molar-refractivity contribution >= 4 is 18.3 Å². The first-order chi connectivity index (χ1) is 10.2. The van der Waals surface area contributed by atoms with E-state index in [2.05, 4.69) is 5.32 Å². The molecule has 1 atom stereocenters. The molecule has 1 amide bonds. The summed E-state index contributed by atoms with van der Waals surface area (Å²) < 4.78 is 5.18. The van der Waals surface area contributed by atoms with E-state index in [0.29, 0.717) is 12.3 Å². The van der Waals surface area contributed by atoms with Crippen molar-refractivity contribution in [2.45, 2.75) is 12.6 Å². The molecule has 0 saturated carbocycles. The van der Waals surface area contributed by atoms with Crippen LogP contribution in [0.2, 0.25) is 0 Å². The van der Waals surface area contributed by atoms with Gasteiger partial charge in [0.15, 0.2) is 0 Å². The third-order valence-electron chi connectivity index (χ3n) is 3.16. The van der Waals surface area contributed by atoms with E-state index in [4.69, 9.17) is 4.42 Å². The Hall–Kier alpha value is -1.82. The van der Waals surface area contributed by atoms with Crippen LogP contribution in [0.15, 0.2) is 53.1 Å². The highest BCUT2D eigenvalue weighted by Gasteiger charge is 2.20. The molecule has 0 aliphatic rings. The molecule has 0 spiro atoms. The smallest absolute Gasteiger partial charge is 0.236 e. The van der Waals surface area contributed by atoms with Gasteiger partial charge in [0.25, 0.3) is 0 Å². The van der Waals surface area contributed by atoms with Crippen LogP contribution in [0.25, 0.3) is 0 Å². The Labute approximate surface area is 136 Å². The van der Waals surface area contributed by atoms with Gasteiger partial charge in [-0.1, -0.05) is 30.3 Å². The molecule has 6 heteroatoms. The summed E-state index contributed by atoms with van der Waals surface area (Å²) in [5.41, 5.74) is 1.02. The first-order valence-electron chi connectivity index (χ1n) is 6.88. The van der Waals surface area contributed by atoms with E-state index in [0.717, 1.165) is 5.56 Å². The number of furan rings is 1. The van der Waals surface area contributed by atoms with Crippen LogP contribution >= 0.6 is 12.4 Å². The van der Waals surface area contributed by atoms with E-state index in [-0.39, 0.29) is 31.4 Å². The van der Waals surface area contributed by atoms with Crippen molar-refractivity contribution in [3.8, 4) is 0 Å². The Morgan fingerprint density at radius 1 is 1.27 bits per heavy atom. The number of carbonyl (C=O) groups is 1. The van der Waals surface area contributed by atoms with Gasteiger partial charge in [0, 0.05) is 6.54 Å². The number of likely N-dealkylation sites (N-methyl/N-ethyl adjacent to an activating group) is 1. The molecule has 0 aliphatic carbocycles. The zero-order chi connectivity index (χ0) is 15.1. The molecular weight excluding hydrogens is 304 g/mol. The Morgan fingerprint density at radius 3 is 2.59 bits per heavy atom. The number of aliphatic hydroxyl groups is 1. The zero-order valence-corrected chi connectivity index (χ0v) is 13.3. The van der Waals surface area contributed by atoms with Crippen LogP contribution in [0, 0.1) is 0 Å². The van der Waals surface area contributed by atoms with E-state index in [1.54, 1.807) is 24.1 Å². The average molecular weight is 325 g/mol. The Bertz CT molecular complexity index is 546. The highest BCUT2D eigenvalue weighted by molar-refractivity contribution is 5.85. The van der Waals surface area contributed by atoms with Crippen LogP contribution in [0.1, 0.15) is 17.4 Å². The fraction of sp³-hybridized carbons (Fsp3) is 0.312. The third kappa shape index (κ3) is 5.18. The van der Waals surface area contributed by atoms with Gasteiger partial charge in [-0.25, -0.2) is 0 Å². The number of amides is 1. The second-order valence-corrected chi connectivity index (χ2v) is 4.82. The molecule has 2 aromatic rings. The maximum absolute atomic E-state index is 12.2. The first-order valence-corrected chi connectivity index (χ1v) is 6.88. The fourth-order valence-electron chi connectivity index (χ4n) is 2.10. The minimum atomic E-state index is -0.829. The lowest BCUT2D eigenvalue weighted by Gasteiger charge is -2.25. The zero-order valence-electron chi connectivity index (χ0n) is 12.4. The molecule has 1 aromatic carbocycles. The van der Waals surface area contributed by atoms with Gasteiger partial charge in [0.1, 0.15) is 11.9 Å². The molecule has 0 fully saturated rings. The quantitative estimate of drug-likeness (QED) is 0.817. The summed E-state index contributed by atoms with van der Waals surface area (Å²) in [4.78, 5) is 13.8. The van der Waals surface area contributed by atoms with Crippen molar-refractivity contribution in [2.75, 3.05) is 20.1 Å². The lowest BCUT2D eigenvalue weighted by Crippen LogP contribution is -2.39. The molecule has 120 valence electrons. The molecule has 2 rings (SSSR count). The molecule has 0 radical (unpaired) electrons. The van der Waals surface area contributed by atoms with E-state index in [1.807, 2.05) is 30.3 Å². The summed E-state index contributed by atoms with van der Waals surface area (Å²) in [6.07, 6.45) is 0.680. The molecule has 1 unspecified atom stereocenters. The number of carbonyl (C=O) groups excluding carboxylic acids is 1. The number of nitrogens with zero attached hydrogens (tertiary/aromatic N) is 1. The topological polar surface area (TPSA) is 65.7 Å². The minimum Gasteiger partial charge on any atom is -0.467 e. The highest BCUT2D eigenvalue weighted by atomic mass is 35.5. The monoisotopic (exact) mass is 324 g/mol. The van der Waals surface area contributed by atoms with Crippen molar-refractivity contribution in [1.29, 1.82) is 0 Å². The van der Waals surface area contributed by atoms with Gasteiger partial charge in [-0.2, -0.15) is 0 Å². The molecule has 2 N–H and O–H groups in total. The second-order valence-electron chi connectivity index (χ2n) is 4.82. The summed E-state index contributed by atoms with van der Waals surface area (Å²) in [6, 6.07) is 13.1. The summed E-state index contributed by atoms with van der Waals surface area (Å²) in [5, 5.41) is 13.0. The van der Waals surface area contributed by atoms with Crippen LogP contribution in [-0.4, -0.2) is 36.1 Å². The summed E-state index contributed by atoms with van der Waals surface area (Å²) in [6.45, 7) is 0.889. The van der Waals surface area contributed by atoms with E-state index in [9.17, 15) is 9.90 Å². The predicted molar refractivity (Wildman–Crippen MR) is 86.7 cm³/mol. The van der Waals surface area contributed by atoms with Gasteiger partial charge >= 0.3 is 0 Å². The van der Waals surface area contributed by atoms with E-state index in [1.165, 1.54) is 6.26 Å². The van der Waals surface area contributed by atoms with Crippen LogP contribution in [0.4, 0.5) is 0 Å². The lowest BCUT2D eigenvalue weighted by molar-refractivity contribution is -0.132. The Morgan fingerprint density at radius 2 is 2.00 bits per heavy atom. The largest absolute Gasteiger partial charge is 0.467 e. The molecular formula is C16H21ClN2O3. The number of aliphatic hydroxyl groups excluding tert-OH is 1. The third-order valence-corrected chi connectivity index (χ3v) is 3.16. The first kappa shape index (κ1) is 18.2. The average Bonchev–Trinajstić information content (AvgIpc) is 3.02. The number of benzene rings is 1. The van der Waals surface area contributed by atoms with Gasteiger partial charge in [-0.15, -0.1) is 12.4 Å². The molecule has 0 aliphatic heterocycles. The normalized spacial score (nSPS) is 11.5. The summed E-state index contributed by atoms with van der Waals surface area (Å²) >= 11 is 0. The molecule has 1 heterocycles. The Balaban J connectivity index is 0.00000242. The molecule has 0 bridgehead atoms. The van der Waals surface area contributed by atoms with Crippen LogP contribution < -0.4 is 5.32 Å². The standard InChI is InChI=1S/C16H20N2O3.ClH/c1-17-10-16(20)18(11-13-6-3-2-4-7-13)12-14(19)15-8-5-9-21-15;/h2-9,14,17,19H,10-12H2,1H3;1H. The Kier molecular flexibility index (Phi) is 7.66. The van der Waals surface area contributed by atoms with Crippen LogP contribution in [-0.2, 0) is 11.3 Å². The number of nitrogens with one attached hydrogen (secondary N) is 1. The lowest BCUT2D eigenvalue weighted by atomic mass is 10.2. The molecule has 1 aromatic heterocycles. The van der Waals surface area contributed by atoms with Gasteiger partial charge < -0.3 is 19.7 Å². The molecule has 0 saturated heterocycles. The van der Waals surface area contributed by atoms with Gasteiger partial charge in [-0.05, 0) is 24.7 Å². The second kappa shape index (κ2) is 9.25. The van der Waals surface area contributed by atoms with Crippen molar-refractivity contribution in [3.63, 3.8) is 0 Å². The van der Waals surface area contributed by atoms with Crippen molar-refractivity contribution < 1.29 is 14.3 Å². The van der Waals surface area contributed by atoms with E-state index >= 15 is 0 Å². The van der Waals surface area contributed by atoms with Crippen molar-refractivity contribution in [3.05, 3.63) is 60.1 Å². The van der Waals surface area contributed by atoms with Crippen LogP contribution in [0.3, 0.4) is 0 Å². The highest BCUT2D eigenvalue weighted by Crippen LogP contribution is 2.16. The summed E-state index contributed by atoms with van der Waals surface area (Å²) in [7, 11) is 1.72. The molecule has 22 heavy (non-hydrogen) atoms. The SMILES string of the molecule is CNCC(=O)N(Cc1ccccc1)CC(O)c1ccco1.Cl. The van der Waals surface area contributed by atoms with Crippen molar-refractivity contribution in [2.24, 2.45) is 0 Å². The predicted octanol–water partition coefficient (Wildman–Crippen LogP) is 1.98. The van der Waals surface area contributed by atoms with Gasteiger partial charge in [0.2, 0.25) is 5.91 Å². The maximum atomic E-state index is 12.2. The van der Waals surface area contributed by atoms with Gasteiger partial charge in [0.05, 0.1) is 19.4 Å². The van der Waals surface area contributed by atoms with Crippen molar-refractivity contribution in [1.82, 2.24) is 10.2 Å². The maximum Gasteiger partial charge on any atom is 0.236 e. The fourth-order valence-corrected chi connectivity index (χ4v) is 2.10. The number of hydrogen-bond acceptors (Lipinski definition) is 4. The number of halogens is 1. The van der Waals surface area contributed by atoms with E-state index < -0.39 is 6.10 Å². The molecule has 5 nitrogen and oxygen atoms in total.